The van der Waals surface area contributed by atoms with Crippen molar-refractivity contribution in [3.05, 3.63) is 34.9 Å². The van der Waals surface area contributed by atoms with E-state index < -0.39 is 0 Å². The third-order valence-corrected chi connectivity index (χ3v) is 3.34. The monoisotopic (exact) mass is 225 g/mol. The first-order chi connectivity index (χ1) is 7.58. The van der Waals surface area contributed by atoms with Gasteiger partial charge in [0, 0.05) is 17.6 Å². The molecule has 0 amide bonds. The van der Waals surface area contributed by atoms with Gasteiger partial charge in [-0.3, -0.25) is 0 Å². The summed E-state index contributed by atoms with van der Waals surface area (Å²) in [5.41, 5.74) is 0.784. The molecule has 16 heavy (non-hydrogen) atoms. The van der Waals surface area contributed by atoms with Crippen LogP contribution in [0.5, 0.6) is 0 Å². The Balaban J connectivity index is 2.14. The van der Waals surface area contributed by atoms with Crippen molar-refractivity contribution >= 4 is 0 Å². The molecule has 1 fully saturated rings. The summed E-state index contributed by atoms with van der Waals surface area (Å²) < 4.78 is 27.0. The van der Waals surface area contributed by atoms with Crippen molar-refractivity contribution in [2.45, 2.75) is 45.2 Å². The van der Waals surface area contributed by atoms with E-state index in [0.29, 0.717) is 17.2 Å². The lowest BCUT2D eigenvalue weighted by atomic mass is 9.91. The zero-order valence-electron chi connectivity index (χ0n) is 9.69. The molecule has 88 valence electrons. The van der Waals surface area contributed by atoms with Crippen molar-refractivity contribution < 1.29 is 8.78 Å². The highest BCUT2D eigenvalue weighted by Gasteiger charge is 2.21. The van der Waals surface area contributed by atoms with Crippen LogP contribution in [0.4, 0.5) is 8.78 Å². The van der Waals surface area contributed by atoms with E-state index >= 15 is 0 Å². The fourth-order valence-corrected chi connectivity index (χ4v) is 2.01. The van der Waals surface area contributed by atoms with Crippen molar-refractivity contribution in [3.63, 3.8) is 0 Å². The van der Waals surface area contributed by atoms with Crippen molar-refractivity contribution in [1.29, 1.82) is 0 Å². The first-order valence-corrected chi connectivity index (χ1v) is 5.79. The van der Waals surface area contributed by atoms with Crippen molar-refractivity contribution in [3.8, 4) is 0 Å². The van der Waals surface area contributed by atoms with Gasteiger partial charge in [-0.15, -0.1) is 0 Å². The summed E-state index contributed by atoms with van der Waals surface area (Å²) in [6.07, 6.45) is 3.51. The summed E-state index contributed by atoms with van der Waals surface area (Å²) in [4.78, 5) is 0. The molecule has 0 bridgehead atoms. The molecule has 1 saturated carbocycles. The Morgan fingerprint density at radius 2 is 1.94 bits per heavy atom. The highest BCUT2D eigenvalue weighted by atomic mass is 19.1. The van der Waals surface area contributed by atoms with Crippen LogP contribution in [0, 0.1) is 18.6 Å². The Hall–Kier alpha value is -0.960. The molecule has 2 rings (SSSR count). The maximum absolute atomic E-state index is 13.6. The molecule has 0 spiro atoms. The SMILES string of the molecule is Cc1cc(F)c(C(C)NC2CCC2)cc1F. The second kappa shape index (κ2) is 4.50. The first-order valence-electron chi connectivity index (χ1n) is 5.79. The van der Waals surface area contributed by atoms with Gasteiger partial charge in [-0.1, -0.05) is 6.42 Å². The topological polar surface area (TPSA) is 12.0 Å². The van der Waals surface area contributed by atoms with Crippen LogP contribution >= 0.6 is 0 Å². The number of halogens is 2. The van der Waals surface area contributed by atoms with Crippen molar-refractivity contribution in [1.82, 2.24) is 5.32 Å². The Bertz CT molecular complexity index is 386. The zero-order valence-corrected chi connectivity index (χ0v) is 9.69. The van der Waals surface area contributed by atoms with Gasteiger partial charge < -0.3 is 5.32 Å². The Labute approximate surface area is 94.9 Å². The highest BCUT2D eigenvalue weighted by molar-refractivity contribution is 5.27. The molecule has 0 heterocycles. The van der Waals surface area contributed by atoms with Crippen molar-refractivity contribution in [2.24, 2.45) is 0 Å². The predicted molar refractivity (Wildman–Crippen MR) is 60.3 cm³/mol. The minimum Gasteiger partial charge on any atom is -0.307 e. The van der Waals surface area contributed by atoms with Gasteiger partial charge in [-0.2, -0.15) is 0 Å². The molecule has 0 aromatic heterocycles. The molecule has 1 aliphatic carbocycles. The van der Waals surface area contributed by atoms with Gasteiger partial charge in [0.15, 0.2) is 0 Å². The van der Waals surface area contributed by atoms with E-state index in [-0.39, 0.29) is 17.7 Å². The molecule has 1 aliphatic rings. The molecule has 1 unspecified atom stereocenters. The average molecular weight is 225 g/mol. The van der Waals surface area contributed by atoms with E-state index in [2.05, 4.69) is 5.32 Å². The number of benzene rings is 1. The van der Waals surface area contributed by atoms with Gasteiger partial charge in [-0.25, -0.2) is 8.78 Å². The van der Waals surface area contributed by atoms with Crippen molar-refractivity contribution in [2.75, 3.05) is 0 Å². The lowest BCUT2D eigenvalue weighted by Gasteiger charge is -2.30. The lowest BCUT2D eigenvalue weighted by molar-refractivity contribution is 0.310. The van der Waals surface area contributed by atoms with Gasteiger partial charge in [0.25, 0.3) is 0 Å². The summed E-state index contributed by atoms with van der Waals surface area (Å²) in [7, 11) is 0. The van der Waals surface area contributed by atoms with Gasteiger partial charge in [-0.05, 0) is 44.4 Å². The number of nitrogens with one attached hydrogen (secondary N) is 1. The summed E-state index contributed by atoms with van der Waals surface area (Å²) in [5.74, 6) is -0.656. The van der Waals surface area contributed by atoms with Gasteiger partial charge in [0.1, 0.15) is 11.6 Å². The molecule has 1 nitrogen and oxygen atoms in total. The van der Waals surface area contributed by atoms with E-state index in [1.54, 1.807) is 6.92 Å². The molecule has 0 aliphatic heterocycles. The maximum Gasteiger partial charge on any atom is 0.128 e. The molecular weight excluding hydrogens is 208 g/mol. The lowest BCUT2D eigenvalue weighted by Crippen LogP contribution is -2.37. The summed E-state index contributed by atoms with van der Waals surface area (Å²) in [5, 5.41) is 3.31. The van der Waals surface area contributed by atoms with Crippen LogP contribution in [0.2, 0.25) is 0 Å². The Morgan fingerprint density at radius 3 is 2.50 bits per heavy atom. The van der Waals surface area contributed by atoms with E-state index in [1.807, 2.05) is 6.92 Å². The quantitative estimate of drug-likeness (QED) is 0.830. The largest absolute Gasteiger partial charge is 0.307 e. The molecule has 3 heteroatoms. The van der Waals surface area contributed by atoms with Crippen LogP contribution in [-0.4, -0.2) is 6.04 Å². The van der Waals surface area contributed by atoms with Crippen LogP contribution in [0.1, 0.15) is 43.4 Å². The molecule has 1 aromatic carbocycles. The predicted octanol–water partition coefficient (Wildman–Crippen LogP) is 3.48. The number of hydrogen-bond donors (Lipinski definition) is 1. The summed E-state index contributed by atoms with van der Waals surface area (Å²) in [6.45, 7) is 3.46. The summed E-state index contributed by atoms with van der Waals surface area (Å²) in [6, 6.07) is 2.92. The standard InChI is InChI=1S/C13H17F2N/c1-8-6-13(15)11(7-12(8)14)9(2)16-10-4-3-5-10/h6-7,9-10,16H,3-5H2,1-2H3. The minimum atomic E-state index is -0.335. The normalized spacial score (nSPS) is 18.2. The number of rotatable bonds is 3. The maximum atomic E-state index is 13.6. The summed E-state index contributed by atoms with van der Waals surface area (Å²) >= 11 is 0. The Morgan fingerprint density at radius 1 is 1.25 bits per heavy atom. The van der Waals surface area contributed by atoms with Crippen LogP contribution in [0.15, 0.2) is 12.1 Å². The fourth-order valence-electron chi connectivity index (χ4n) is 2.01. The smallest absolute Gasteiger partial charge is 0.128 e. The van der Waals surface area contributed by atoms with Crippen LogP contribution in [-0.2, 0) is 0 Å². The van der Waals surface area contributed by atoms with E-state index in [0.717, 1.165) is 12.8 Å². The fraction of sp³-hybridized carbons (Fsp3) is 0.538. The average Bonchev–Trinajstić information content (AvgIpc) is 2.17. The van der Waals surface area contributed by atoms with E-state index in [1.165, 1.54) is 18.6 Å². The molecule has 0 radical (unpaired) electrons. The number of hydrogen-bond acceptors (Lipinski definition) is 1. The molecule has 0 saturated heterocycles. The second-order valence-electron chi connectivity index (χ2n) is 4.64. The first kappa shape index (κ1) is 11.5. The second-order valence-corrected chi connectivity index (χ2v) is 4.64. The number of aryl methyl sites for hydroxylation is 1. The molecule has 1 N–H and O–H groups in total. The van der Waals surface area contributed by atoms with Gasteiger partial charge in [0.2, 0.25) is 0 Å². The van der Waals surface area contributed by atoms with E-state index in [4.69, 9.17) is 0 Å². The highest BCUT2D eigenvalue weighted by Crippen LogP contribution is 2.25. The Kier molecular flexibility index (Phi) is 3.24. The van der Waals surface area contributed by atoms with Gasteiger partial charge >= 0.3 is 0 Å². The van der Waals surface area contributed by atoms with Crippen LogP contribution < -0.4 is 5.32 Å². The molecule has 1 atom stereocenters. The third-order valence-electron chi connectivity index (χ3n) is 3.34. The van der Waals surface area contributed by atoms with Crippen LogP contribution in [0.25, 0.3) is 0 Å². The van der Waals surface area contributed by atoms with Crippen LogP contribution in [0.3, 0.4) is 0 Å². The zero-order chi connectivity index (χ0) is 11.7. The molecular formula is C13H17F2N. The van der Waals surface area contributed by atoms with E-state index in [9.17, 15) is 8.78 Å². The van der Waals surface area contributed by atoms with Gasteiger partial charge in [0.05, 0.1) is 0 Å². The third kappa shape index (κ3) is 2.24. The minimum absolute atomic E-state index is 0.125. The molecule has 1 aromatic rings.